The van der Waals surface area contributed by atoms with Crippen LogP contribution >= 0.6 is 0 Å². The molecule has 0 aromatic heterocycles. The summed E-state index contributed by atoms with van der Waals surface area (Å²) < 4.78 is 5.36. The molecule has 0 fully saturated rings. The predicted octanol–water partition coefficient (Wildman–Crippen LogP) is 4.33. The van der Waals surface area contributed by atoms with Crippen LogP contribution in [0.25, 0.3) is 0 Å². The molecule has 8 nitrogen and oxygen atoms in total. The Hall–Kier alpha value is -3.08. The fourth-order valence-electron chi connectivity index (χ4n) is 3.46. The van der Waals surface area contributed by atoms with Gasteiger partial charge in [-0.1, -0.05) is 70.4 Å². The second kappa shape index (κ2) is 14.2. The molecule has 3 unspecified atom stereocenters. The van der Waals surface area contributed by atoms with Gasteiger partial charge in [-0.05, 0) is 38.7 Å². The Kier molecular flexibility index (Phi) is 12.1. The van der Waals surface area contributed by atoms with Gasteiger partial charge in [-0.25, -0.2) is 4.79 Å². The normalized spacial score (nSPS) is 13.7. The van der Waals surface area contributed by atoms with Crippen LogP contribution in [-0.4, -0.2) is 47.5 Å². The number of amides is 3. The summed E-state index contributed by atoms with van der Waals surface area (Å²) in [6.45, 7) is 11.2. The molecule has 8 heteroatoms. The molecule has 0 aliphatic heterocycles. The van der Waals surface area contributed by atoms with Crippen molar-refractivity contribution in [2.24, 2.45) is 5.92 Å². The van der Waals surface area contributed by atoms with E-state index in [-0.39, 0.29) is 18.4 Å². The summed E-state index contributed by atoms with van der Waals surface area (Å²) >= 11 is 0. The number of alkyl carbamates (subject to hydrolysis) is 1. The fourth-order valence-corrected chi connectivity index (χ4v) is 3.46. The number of nitriles is 1. The molecule has 34 heavy (non-hydrogen) atoms. The number of unbranched alkanes of at least 4 members (excludes halogenated alkanes) is 2. The van der Waals surface area contributed by atoms with E-state index in [9.17, 15) is 19.6 Å². The van der Waals surface area contributed by atoms with Crippen molar-refractivity contribution in [3.8, 4) is 6.07 Å². The van der Waals surface area contributed by atoms with Crippen LogP contribution in [0.5, 0.6) is 0 Å². The largest absolute Gasteiger partial charge is 0.444 e. The van der Waals surface area contributed by atoms with Crippen molar-refractivity contribution >= 4 is 17.9 Å². The molecule has 2 N–H and O–H groups in total. The van der Waals surface area contributed by atoms with Crippen LogP contribution in [-0.2, 0) is 14.3 Å². The molecule has 1 aromatic rings. The molecule has 1 rings (SSSR count). The van der Waals surface area contributed by atoms with E-state index in [2.05, 4.69) is 17.6 Å². The third-order valence-corrected chi connectivity index (χ3v) is 5.43. The highest BCUT2D eigenvalue weighted by molar-refractivity contribution is 5.92. The van der Waals surface area contributed by atoms with Crippen LogP contribution < -0.4 is 10.6 Å². The van der Waals surface area contributed by atoms with Crippen LogP contribution in [0.1, 0.15) is 78.8 Å². The maximum absolute atomic E-state index is 13.8. The molecule has 1 aromatic carbocycles. The molecule has 188 valence electrons. The zero-order valence-electron chi connectivity index (χ0n) is 21.4. The van der Waals surface area contributed by atoms with E-state index in [0.29, 0.717) is 18.5 Å². The number of benzene rings is 1. The molecule has 0 radical (unpaired) electrons. The van der Waals surface area contributed by atoms with Gasteiger partial charge >= 0.3 is 6.09 Å². The first-order valence-corrected chi connectivity index (χ1v) is 12.0. The molecule has 0 bridgehead atoms. The van der Waals surface area contributed by atoms with Gasteiger partial charge in [0.2, 0.25) is 11.8 Å². The maximum Gasteiger partial charge on any atom is 0.408 e. The molecule has 0 aliphatic carbocycles. The van der Waals surface area contributed by atoms with Gasteiger partial charge in [-0.15, -0.1) is 0 Å². The van der Waals surface area contributed by atoms with Gasteiger partial charge in [0.05, 0.1) is 6.07 Å². The lowest BCUT2D eigenvalue weighted by molar-refractivity contribution is -0.142. The van der Waals surface area contributed by atoms with E-state index >= 15 is 0 Å². The fraction of sp³-hybridized carbons (Fsp3) is 0.615. The Morgan fingerprint density at radius 1 is 1.12 bits per heavy atom. The Morgan fingerprint density at radius 2 is 1.76 bits per heavy atom. The summed E-state index contributed by atoms with van der Waals surface area (Å²) in [4.78, 5) is 40.8. The van der Waals surface area contributed by atoms with Crippen molar-refractivity contribution in [2.45, 2.75) is 84.9 Å². The molecule has 0 spiro atoms. The molecule has 0 heterocycles. The number of hydrogen-bond donors (Lipinski definition) is 2. The summed E-state index contributed by atoms with van der Waals surface area (Å²) in [7, 11) is 0. The Labute approximate surface area is 204 Å². The quantitative estimate of drug-likeness (QED) is 0.347. The number of nitrogens with zero attached hydrogens (tertiary/aromatic N) is 2. The Balaban J connectivity index is 3.31. The first-order chi connectivity index (χ1) is 16.1. The van der Waals surface area contributed by atoms with E-state index in [1.54, 1.807) is 45.0 Å². The molecule has 3 amide bonds. The van der Waals surface area contributed by atoms with Gasteiger partial charge in [0, 0.05) is 6.54 Å². The van der Waals surface area contributed by atoms with Crippen LogP contribution in [0.4, 0.5) is 4.79 Å². The van der Waals surface area contributed by atoms with Gasteiger partial charge in [-0.3, -0.25) is 9.59 Å². The van der Waals surface area contributed by atoms with Crippen molar-refractivity contribution in [1.82, 2.24) is 15.5 Å². The summed E-state index contributed by atoms with van der Waals surface area (Å²) in [6.07, 6.45) is 2.71. The van der Waals surface area contributed by atoms with E-state index in [0.717, 1.165) is 19.3 Å². The van der Waals surface area contributed by atoms with Crippen molar-refractivity contribution in [1.29, 1.82) is 5.26 Å². The van der Waals surface area contributed by atoms with E-state index < -0.39 is 29.7 Å². The molecule has 0 aliphatic rings. The van der Waals surface area contributed by atoms with Crippen LogP contribution in [0.3, 0.4) is 0 Å². The Morgan fingerprint density at radius 3 is 2.29 bits per heavy atom. The number of carbonyl (C=O) groups excluding carboxylic acids is 3. The van der Waals surface area contributed by atoms with Crippen LogP contribution in [0.15, 0.2) is 30.3 Å². The van der Waals surface area contributed by atoms with Crippen LogP contribution in [0, 0.1) is 17.2 Å². The SMILES string of the molecule is CCCCCNC(=O)C(c1ccccc1)N(CC#N)C(=O)C(NC(=O)OC(C)(C)C)C(C)CC. The second-order valence-corrected chi connectivity index (χ2v) is 9.45. The highest BCUT2D eigenvalue weighted by Crippen LogP contribution is 2.24. The predicted molar refractivity (Wildman–Crippen MR) is 132 cm³/mol. The first-order valence-electron chi connectivity index (χ1n) is 12.0. The zero-order valence-corrected chi connectivity index (χ0v) is 21.4. The molecule has 0 saturated heterocycles. The first kappa shape index (κ1) is 29.0. The second-order valence-electron chi connectivity index (χ2n) is 9.45. The molecular formula is C26H40N4O4. The maximum atomic E-state index is 13.8. The summed E-state index contributed by atoms with van der Waals surface area (Å²) in [5, 5.41) is 15.1. The molecule has 0 saturated carbocycles. The van der Waals surface area contributed by atoms with Gasteiger partial charge in [0.25, 0.3) is 0 Å². The lowest BCUT2D eigenvalue weighted by Gasteiger charge is -2.34. The van der Waals surface area contributed by atoms with E-state index in [1.807, 2.05) is 26.0 Å². The molecule has 3 atom stereocenters. The average molecular weight is 473 g/mol. The van der Waals surface area contributed by atoms with Crippen molar-refractivity contribution in [2.75, 3.05) is 13.1 Å². The number of rotatable bonds is 12. The van der Waals surface area contributed by atoms with E-state index in [4.69, 9.17) is 4.74 Å². The zero-order chi connectivity index (χ0) is 25.7. The van der Waals surface area contributed by atoms with Crippen LogP contribution in [0.2, 0.25) is 0 Å². The average Bonchev–Trinajstić information content (AvgIpc) is 2.78. The van der Waals surface area contributed by atoms with Gasteiger partial charge in [0.15, 0.2) is 0 Å². The van der Waals surface area contributed by atoms with Gasteiger partial charge < -0.3 is 20.3 Å². The summed E-state index contributed by atoms with van der Waals surface area (Å²) in [6, 6.07) is 8.97. The smallest absolute Gasteiger partial charge is 0.408 e. The van der Waals surface area contributed by atoms with Gasteiger partial charge in [-0.2, -0.15) is 5.26 Å². The lowest BCUT2D eigenvalue weighted by Crippen LogP contribution is -2.55. The standard InChI is InChI=1S/C26H40N4O4/c1-7-9-13-17-28-23(31)22(20-14-11-10-12-15-20)30(18-16-27)24(32)21(19(3)8-2)29-25(33)34-26(4,5)6/h10-12,14-15,19,21-22H,7-9,13,17-18H2,1-6H3,(H,28,31)(H,29,33). The number of nitrogens with one attached hydrogen (secondary N) is 2. The number of hydrogen-bond acceptors (Lipinski definition) is 5. The topological polar surface area (TPSA) is 112 Å². The summed E-state index contributed by atoms with van der Waals surface area (Å²) in [5.74, 6) is -1.10. The molecular weight excluding hydrogens is 432 g/mol. The van der Waals surface area contributed by atoms with Crippen molar-refractivity contribution < 1.29 is 19.1 Å². The monoisotopic (exact) mass is 472 g/mol. The summed E-state index contributed by atoms with van der Waals surface area (Å²) in [5.41, 5.74) is -0.135. The third kappa shape index (κ3) is 9.42. The minimum absolute atomic E-state index is 0.245. The number of ether oxygens (including phenoxy) is 1. The highest BCUT2D eigenvalue weighted by Gasteiger charge is 2.37. The Bertz CT molecular complexity index is 829. The van der Waals surface area contributed by atoms with Gasteiger partial charge in [0.1, 0.15) is 24.2 Å². The number of carbonyl (C=O) groups is 3. The van der Waals surface area contributed by atoms with Crippen molar-refractivity contribution in [3.05, 3.63) is 35.9 Å². The minimum Gasteiger partial charge on any atom is -0.444 e. The van der Waals surface area contributed by atoms with Crippen molar-refractivity contribution in [3.63, 3.8) is 0 Å². The van der Waals surface area contributed by atoms with E-state index in [1.165, 1.54) is 4.90 Å². The third-order valence-electron chi connectivity index (χ3n) is 5.43. The minimum atomic E-state index is -0.998. The lowest BCUT2D eigenvalue weighted by atomic mass is 9.96. The highest BCUT2D eigenvalue weighted by atomic mass is 16.6.